The summed E-state index contributed by atoms with van der Waals surface area (Å²) in [5.74, 6) is 2.91. The molecule has 374 valence electrons. The van der Waals surface area contributed by atoms with E-state index in [0.29, 0.717) is 63.5 Å². The number of aromatic nitrogens is 3. The number of ether oxygens (including phenoxy) is 3. The number of cyclic esters (lactones) is 1. The van der Waals surface area contributed by atoms with E-state index in [2.05, 4.69) is 71.1 Å². The number of amides is 4. The summed E-state index contributed by atoms with van der Waals surface area (Å²) < 4.78 is 19.5. The average molecular weight is 978 g/mol. The summed E-state index contributed by atoms with van der Waals surface area (Å²) in [6.45, 7) is 14.2. The number of esters is 1. The Morgan fingerprint density at radius 3 is 2.63 bits per heavy atom. The molecule has 4 aromatic rings. The van der Waals surface area contributed by atoms with Crippen molar-refractivity contribution in [3.05, 3.63) is 58.2 Å². The Morgan fingerprint density at radius 1 is 1.09 bits per heavy atom. The van der Waals surface area contributed by atoms with Gasteiger partial charge in [0, 0.05) is 99.4 Å². The van der Waals surface area contributed by atoms with Crippen LogP contribution in [-0.4, -0.2) is 155 Å². The van der Waals surface area contributed by atoms with Crippen molar-refractivity contribution in [3.8, 4) is 34.4 Å². The first-order valence-corrected chi connectivity index (χ1v) is 25.3. The normalized spacial score (nSPS) is 21.9. The SMILES string of the molecule is CO[C@@H](C)c1ncccc1-c1c2c3cc(ccc3n1C)-c1csc(n1)C[C@H](NC(=O)C(C(C)C)N(C)C(=O)[C@H]1CCN(C(=O)C#CCN3CCOCC3)C1)C(=O)N1CCC[C@H](N1)C(=O)OCC(C)(C)C2. The lowest BCUT2D eigenvalue weighted by Crippen LogP contribution is -2.62. The minimum atomic E-state index is -1.10. The van der Waals surface area contributed by atoms with Crippen molar-refractivity contribution in [2.75, 3.05) is 73.2 Å². The Morgan fingerprint density at radius 2 is 1.87 bits per heavy atom. The molecule has 2 N–H and O–H groups in total. The van der Waals surface area contributed by atoms with Crippen LogP contribution < -0.4 is 10.7 Å². The molecular weight excluding hydrogens is 911 g/mol. The van der Waals surface area contributed by atoms with Crippen LogP contribution in [0, 0.1) is 29.1 Å². The highest BCUT2D eigenvalue weighted by Crippen LogP contribution is 2.41. The topological polar surface area (TPSA) is 181 Å². The number of morpholine rings is 1. The molecule has 0 aliphatic carbocycles. The zero-order valence-electron chi connectivity index (χ0n) is 41.7. The van der Waals surface area contributed by atoms with Gasteiger partial charge in [-0.05, 0) is 74.3 Å². The number of aryl methyl sites for hydroxylation is 1. The van der Waals surface area contributed by atoms with Gasteiger partial charge in [-0.3, -0.25) is 38.9 Å². The van der Waals surface area contributed by atoms with Crippen molar-refractivity contribution in [3.63, 3.8) is 0 Å². The number of pyridine rings is 1. The third-order valence-electron chi connectivity index (χ3n) is 14.1. The Balaban J connectivity index is 1.07. The summed E-state index contributed by atoms with van der Waals surface area (Å²) in [5.41, 5.74) is 9.11. The van der Waals surface area contributed by atoms with E-state index < -0.39 is 47.2 Å². The average Bonchev–Trinajstić information content (AvgIpc) is 4.11. The molecule has 18 heteroatoms. The molecule has 6 bridgehead atoms. The monoisotopic (exact) mass is 977 g/mol. The van der Waals surface area contributed by atoms with Gasteiger partial charge in [-0.2, -0.15) is 0 Å². The molecule has 5 atom stereocenters. The van der Waals surface area contributed by atoms with E-state index in [1.165, 1.54) is 21.2 Å². The number of hydrogen-bond donors (Lipinski definition) is 2. The Hall–Kier alpha value is -5.71. The van der Waals surface area contributed by atoms with Crippen molar-refractivity contribution in [1.82, 2.24) is 45.0 Å². The smallest absolute Gasteiger partial charge is 0.324 e. The number of likely N-dealkylation sites (N-methyl/N-ethyl adjacent to an activating group) is 1. The second-order valence-corrected chi connectivity index (χ2v) is 21.1. The summed E-state index contributed by atoms with van der Waals surface area (Å²) in [7, 11) is 5.34. The molecule has 1 unspecified atom stereocenters. The molecule has 0 spiro atoms. The molecular formula is C52H67N9O8S. The number of nitrogens with zero attached hydrogens (tertiary/aromatic N) is 7. The molecule has 1 aromatic carbocycles. The number of carbonyl (C=O) groups excluding carboxylic acids is 5. The third-order valence-corrected chi connectivity index (χ3v) is 14.9. The fraction of sp³-hybridized carbons (Fsp3) is 0.558. The maximum Gasteiger partial charge on any atom is 0.324 e. The lowest BCUT2D eigenvalue weighted by molar-refractivity contribution is -0.155. The predicted molar refractivity (Wildman–Crippen MR) is 266 cm³/mol. The molecule has 0 saturated carbocycles. The molecule has 3 saturated heterocycles. The summed E-state index contributed by atoms with van der Waals surface area (Å²) in [5, 5.41) is 8.07. The zero-order chi connectivity index (χ0) is 49.9. The lowest BCUT2D eigenvalue weighted by Gasteiger charge is -2.36. The largest absolute Gasteiger partial charge is 0.464 e. The second kappa shape index (κ2) is 21.7. The van der Waals surface area contributed by atoms with Gasteiger partial charge in [0.2, 0.25) is 11.8 Å². The maximum atomic E-state index is 14.7. The van der Waals surface area contributed by atoms with E-state index in [1.54, 1.807) is 25.3 Å². The first-order valence-electron chi connectivity index (χ1n) is 24.5. The highest BCUT2D eigenvalue weighted by atomic mass is 32.1. The van der Waals surface area contributed by atoms with E-state index in [-0.39, 0.29) is 43.4 Å². The van der Waals surface area contributed by atoms with Gasteiger partial charge in [0.05, 0.1) is 60.5 Å². The zero-order valence-corrected chi connectivity index (χ0v) is 42.5. The molecule has 3 fully saturated rings. The number of methoxy groups -OCH3 is 1. The fourth-order valence-electron chi connectivity index (χ4n) is 10.2. The maximum absolute atomic E-state index is 14.7. The van der Waals surface area contributed by atoms with E-state index in [4.69, 9.17) is 24.2 Å². The van der Waals surface area contributed by atoms with Crippen molar-refractivity contribution in [2.24, 2.45) is 24.3 Å². The van der Waals surface area contributed by atoms with Crippen LogP contribution >= 0.6 is 11.3 Å². The van der Waals surface area contributed by atoms with Crippen molar-refractivity contribution >= 4 is 51.8 Å². The molecule has 7 heterocycles. The van der Waals surface area contributed by atoms with Crippen LogP contribution in [0.1, 0.15) is 76.3 Å². The summed E-state index contributed by atoms with van der Waals surface area (Å²) in [6.07, 6.45) is 3.59. The van der Waals surface area contributed by atoms with Gasteiger partial charge in [-0.1, -0.05) is 39.7 Å². The Labute approximate surface area is 414 Å². The number of hydrazine groups is 1. The molecule has 4 aliphatic rings. The van der Waals surface area contributed by atoms with Gasteiger partial charge < -0.3 is 33.9 Å². The molecule has 17 nitrogen and oxygen atoms in total. The van der Waals surface area contributed by atoms with Crippen molar-refractivity contribution < 1.29 is 38.2 Å². The van der Waals surface area contributed by atoms with Crippen LogP contribution in [0.4, 0.5) is 0 Å². The minimum Gasteiger partial charge on any atom is -0.464 e. The van der Waals surface area contributed by atoms with Crippen LogP contribution in [0.2, 0.25) is 0 Å². The summed E-state index contributed by atoms with van der Waals surface area (Å²) in [6, 6.07) is 7.48. The number of nitrogens with one attached hydrogen (secondary N) is 2. The number of benzene rings is 1. The number of rotatable bonds is 9. The van der Waals surface area contributed by atoms with Crippen molar-refractivity contribution in [2.45, 2.75) is 91.0 Å². The van der Waals surface area contributed by atoms with Crippen LogP contribution in [0.5, 0.6) is 0 Å². The molecule has 70 heavy (non-hydrogen) atoms. The van der Waals surface area contributed by atoms with Gasteiger partial charge in [0.15, 0.2) is 0 Å². The number of carbonyl (C=O) groups is 5. The number of thiazole rings is 1. The number of fused-ring (bicyclic) bond motifs is 6. The van der Waals surface area contributed by atoms with E-state index in [0.717, 1.165) is 57.8 Å². The van der Waals surface area contributed by atoms with Gasteiger partial charge >= 0.3 is 5.97 Å². The highest BCUT2D eigenvalue weighted by Gasteiger charge is 2.40. The summed E-state index contributed by atoms with van der Waals surface area (Å²) in [4.78, 5) is 85.4. The molecule has 4 aliphatic heterocycles. The fourth-order valence-corrected chi connectivity index (χ4v) is 11.0. The lowest BCUT2D eigenvalue weighted by atomic mass is 9.84. The predicted octanol–water partition coefficient (Wildman–Crippen LogP) is 4.39. The minimum absolute atomic E-state index is 0.0654. The van der Waals surface area contributed by atoms with Crippen LogP contribution in [0.25, 0.3) is 33.4 Å². The van der Waals surface area contributed by atoms with Gasteiger partial charge in [-0.25, -0.2) is 10.4 Å². The molecule has 4 amide bonds. The van der Waals surface area contributed by atoms with Crippen molar-refractivity contribution in [1.29, 1.82) is 0 Å². The van der Waals surface area contributed by atoms with Gasteiger partial charge in [-0.15, -0.1) is 11.3 Å². The number of likely N-dealkylation sites (tertiary alicyclic amines) is 1. The van der Waals surface area contributed by atoms with Gasteiger partial charge in [0.1, 0.15) is 18.1 Å². The quantitative estimate of drug-likeness (QED) is 0.179. The van der Waals surface area contributed by atoms with Crippen LogP contribution in [-0.2, 0) is 58.1 Å². The Kier molecular flexibility index (Phi) is 15.7. The molecule has 8 rings (SSSR count). The third kappa shape index (κ3) is 11.1. The van der Waals surface area contributed by atoms with E-state index in [9.17, 15) is 24.0 Å². The van der Waals surface area contributed by atoms with E-state index >= 15 is 0 Å². The molecule has 3 aromatic heterocycles. The second-order valence-electron chi connectivity index (χ2n) is 20.2. The molecule has 0 radical (unpaired) electrons. The standard InChI is InChI=1S/C52H67N9O8S/c1-32(2)46(58(7)49(64)35-17-21-60(29-35)44(62)14-11-19-59-22-24-68-25-23-59)48(63)55-40-27-43-54-41(30-70-43)34-15-16-42-37(26-34)38(47(57(42)6)36-12-9-18-53-45(36)33(3)67-8)28-52(4,5)31-69-51(66)39-13-10-20-61(56-39)50(40)65/h9,12,15-16,18,26,30,32-33,35,39-40,46,56H,10,13,17,19-25,27-29,31H2,1-8H3,(H,55,63)/t33-,35-,39-,40-,46?/m0/s1. The van der Waals surface area contributed by atoms with E-state index in [1.807, 2.05) is 38.3 Å². The van der Waals surface area contributed by atoms with Crippen LogP contribution in [0.3, 0.4) is 0 Å². The Bertz CT molecular complexity index is 2660. The highest BCUT2D eigenvalue weighted by molar-refractivity contribution is 7.10. The summed E-state index contributed by atoms with van der Waals surface area (Å²) >= 11 is 1.40. The van der Waals surface area contributed by atoms with Crippen LogP contribution in [0.15, 0.2) is 41.9 Å². The van der Waals surface area contributed by atoms with Gasteiger partial charge in [0.25, 0.3) is 11.8 Å². The first kappa shape index (κ1) is 50.7. The first-order chi connectivity index (χ1) is 33.5. The number of hydrogen-bond acceptors (Lipinski definition) is 13.